The molecule has 0 rings (SSSR count). The molecule has 0 aliphatic heterocycles. The van der Waals surface area contributed by atoms with Gasteiger partial charge in [0.25, 0.3) is 0 Å². The summed E-state index contributed by atoms with van der Waals surface area (Å²) in [5.41, 5.74) is 0. The van der Waals surface area contributed by atoms with E-state index in [-0.39, 0.29) is 0 Å². The van der Waals surface area contributed by atoms with Crippen molar-refractivity contribution >= 4 is 0 Å². The Bertz CT molecular complexity index is 39.1. The van der Waals surface area contributed by atoms with Crippen LogP contribution in [0.15, 0.2) is 0 Å². The van der Waals surface area contributed by atoms with Crippen molar-refractivity contribution in [3.8, 4) is 0 Å². The van der Waals surface area contributed by atoms with E-state index in [9.17, 15) is 0 Å². The van der Waals surface area contributed by atoms with Crippen LogP contribution in [0.25, 0.3) is 0 Å². The van der Waals surface area contributed by atoms with Crippen LogP contribution >= 0.6 is 0 Å². The monoisotopic (exact) mass is 268 g/mol. The molecule has 0 bridgehead atoms. The Hall–Kier alpha value is 0.700. The van der Waals surface area contributed by atoms with E-state index in [1.165, 1.54) is 6.42 Å². The maximum atomic E-state index is 5.01. The quantitative estimate of drug-likeness (QED) is 0.754. The number of hydrogen-bond donors (Lipinski definition) is 0. The van der Waals surface area contributed by atoms with Gasteiger partial charge in [0.2, 0.25) is 0 Å². The first kappa shape index (κ1) is 7.70. The molecule has 1 unspecified atom stereocenters. The van der Waals surface area contributed by atoms with Crippen molar-refractivity contribution in [3.63, 3.8) is 0 Å². The van der Waals surface area contributed by atoms with Gasteiger partial charge in [-0.25, -0.2) is 0 Å². The molecule has 42 valence electrons. The van der Waals surface area contributed by atoms with Crippen molar-refractivity contribution in [2.24, 2.45) is 5.92 Å². The van der Waals surface area contributed by atoms with Crippen LogP contribution in [0.1, 0.15) is 20.3 Å². The van der Waals surface area contributed by atoms with E-state index >= 15 is 0 Å². The summed E-state index contributed by atoms with van der Waals surface area (Å²) in [7, 11) is 0. The summed E-state index contributed by atoms with van der Waals surface area (Å²) in [6.45, 7) is 5.33. The normalized spacial score (nSPS) is 14.0. The predicted octanol–water partition coefficient (Wildman–Crippen LogP) is 1.51. The van der Waals surface area contributed by atoms with E-state index in [1.54, 1.807) is 0 Å². The van der Waals surface area contributed by atoms with E-state index in [0.717, 1.165) is 34.0 Å². The van der Waals surface area contributed by atoms with Gasteiger partial charge in [-0.15, -0.1) is 0 Å². The van der Waals surface area contributed by atoms with Gasteiger partial charge in [0.1, 0.15) is 0 Å². The first-order valence-electron chi connectivity index (χ1n) is 2.57. The Morgan fingerprint density at radius 3 is 2.43 bits per heavy atom. The second kappa shape index (κ2) is 4.85. The SMILES string of the molecule is CCC(C)C[O][Ta]. The average Bonchev–Trinajstić information content (AvgIpc) is 1.68. The molecule has 0 aliphatic carbocycles. The summed E-state index contributed by atoms with van der Waals surface area (Å²) >= 11 is 1.06. The van der Waals surface area contributed by atoms with Gasteiger partial charge in [-0.3, -0.25) is 0 Å². The van der Waals surface area contributed by atoms with Crippen LogP contribution in [0.5, 0.6) is 0 Å². The Kier molecular flexibility index (Phi) is 5.33. The molecule has 1 nitrogen and oxygen atoms in total. The third-order valence-electron chi connectivity index (χ3n) is 1.06. The molecular formula is C5H11OTa. The fourth-order valence-electron chi connectivity index (χ4n) is 0.245. The molecule has 0 saturated carbocycles. The van der Waals surface area contributed by atoms with Crippen molar-refractivity contribution < 1.29 is 24.7 Å². The summed E-state index contributed by atoms with van der Waals surface area (Å²) in [6.07, 6.45) is 1.23. The molecule has 0 aliphatic rings. The van der Waals surface area contributed by atoms with E-state index in [2.05, 4.69) is 13.8 Å². The fraction of sp³-hybridized carbons (Fsp3) is 1.00. The molecule has 2 heteroatoms. The van der Waals surface area contributed by atoms with E-state index in [1.807, 2.05) is 0 Å². The Labute approximate surface area is 57.8 Å². The summed E-state index contributed by atoms with van der Waals surface area (Å²) in [5.74, 6) is 0.755. The minimum absolute atomic E-state index is 0.755. The van der Waals surface area contributed by atoms with Crippen molar-refractivity contribution in [3.05, 3.63) is 0 Å². The van der Waals surface area contributed by atoms with Crippen LogP contribution in [0.4, 0.5) is 0 Å². The van der Waals surface area contributed by atoms with Gasteiger partial charge in [-0.2, -0.15) is 0 Å². The van der Waals surface area contributed by atoms with E-state index < -0.39 is 0 Å². The topological polar surface area (TPSA) is 9.23 Å². The van der Waals surface area contributed by atoms with Crippen LogP contribution in [0, 0.1) is 5.92 Å². The molecule has 1 atom stereocenters. The minimum atomic E-state index is 0.755. The van der Waals surface area contributed by atoms with E-state index in [0.29, 0.717) is 0 Å². The van der Waals surface area contributed by atoms with Crippen LogP contribution in [-0.2, 0) is 24.7 Å². The zero-order valence-electron chi connectivity index (χ0n) is 4.85. The molecule has 0 aromatic heterocycles. The molecule has 0 N–H and O–H groups in total. The predicted molar refractivity (Wildman–Crippen MR) is 25.4 cm³/mol. The molecule has 0 fully saturated rings. The van der Waals surface area contributed by atoms with Gasteiger partial charge in [0, 0.05) is 0 Å². The van der Waals surface area contributed by atoms with Crippen LogP contribution < -0.4 is 0 Å². The second-order valence-electron chi connectivity index (χ2n) is 1.81. The summed E-state index contributed by atoms with van der Waals surface area (Å²) in [5, 5.41) is 0. The third kappa shape index (κ3) is 4.56. The van der Waals surface area contributed by atoms with Crippen molar-refractivity contribution in [2.75, 3.05) is 6.61 Å². The van der Waals surface area contributed by atoms with Gasteiger partial charge < -0.3 is 0 Å². The van der Waals surface area contributed by atoms with Gasteiger partial charge in [0.15, 0.2) is 0 Å². The van der Waals surface area contributed by atoms with Crippen molar-refractivity contribution in [2.45, 2.75) is 20.3 Å². The van der Waals surface area contributed by atoms with Crippen molar-refractivity contribution in [1.29, 1.82) is 0 Å². The Morgan fingerprint density at radius 2 is 2.29 bits per heavy atom. The molecule has 0 spiro atoms. The molecule has 0 amide bonds. The molecule has 7 heavy (non-hydrogen) atoms. The number of rotatable bonds is 3. The fourth-order valence-corrected chi connectivity index (χ4v) is 1.16. The number of hydrogen-bond acceptors (Lipinski definition) is 1. The third-order valence-corrected chi connectivity index (χ3v) is 1.59. The second-order valence-corrected chi connectivity index (χ2v) is 2.74. The van der Waals surface area contributed by atoms with Gasteiger partial charge >= 0.3 is 57.5 Å². The van der Waals surface area contributed by atoms with E-state index in [4.69, 9.17) is 3.24 Å². The zero-order valence-corrected chi connectivity index (χ0v) is 8.06. The average molecular weight is 268 g/mol. The Morgan fingerprint density at radius 1 is 1.71 bits per heavy atom. The summed E-state index contributed by atoms with van der Waals surface area (Å²) in [6, 6.07) is 0. The molecule has 0 aromatic carbocycles. The molecule has 0 radical (unpaired) electrons. The van der Waals surface area contributed by atoms with Crippen molar-refractivity contribution in [1.82, 2.24) is 0 Å². The molecule has 0 aromatic rings. The molecule has 0 heterocycles. The van der Waals surface area contributed by atoms with Gasteiger partial charge in [-0.1, -0.05) is 0 Å². The maximum absolute atomic E-state index is 5.01. The molecular weight excluding hydrogens is 257 g/mol. The molecule has 0 saturated heterocycles. The van der Waals surface area contributed by atoms with Crippen LogP contribution in [-0.4, -0.2) is 6.61 Å². The van der Waals surface area contributed by atoms with Crippen LogP contribution in [0.3, 0.4) is 0 Å². The standard InChI is InChI=1S/C5H11O.Ta/c1-3-5(2)4-6;/h5H,3-4H2,1-2H3;/q-1;+1. The van der Waals surface area contributed by atoms with Crippen LogP contribution in [0.2, 0.25) is 0 Å². The first-order chi connectivity index (χ1) is 3.31. The Balaban J connectivity index is 2.83. The first-order valence-corrected chi connectivity index (χ1v) is 3.88. The van der Waals surface area contributed by atoms with Gasteiger partial charge in [-0.05, 0) is 0 Å². The zero-order chi connectivity index (χ0) is 5.70. The summed E-state index contributed by atoms with van der Waals surface area (Å²) < 4.78 is 5.01. The summed E-state index contributed by atoms with van der Waals surface area (Å²) in [4.78, 5) is 0. The van der Waals surface area contributed by atoms with Gasteiger partial charge in [0.05, 0.1) is 0 Å².